The lowest BCUT2D eigenvalue weighted by Gasteiger charge is -2.35. The van der Waals surface area contributed by atoms with Crippen molar-refractivity contribution < 1.29 is 23.1 Å². The molecule has 2 aliphatic rings. The number of benzene rings is 2. The molecular weight excluding hydrogens is 688 g/mol. The van der Waals surface area contributed by atoms with Crippen LogP contribution in [0.1, 0.15) is 70.7 Å². The first-order chi connectivity index (χ1) is 24.3. The van der Waals surface area contributed by atoms with Crippen molar-refractivity contribution >= 4 is 53.1 Å². The van der Waals surface area contributed by atoms with E-state index in [9.17, 15) is 19.0 Å². The highest BCUT2D eigenvalue weighted by atomic mass is 35.5. The number of hydrogen-bond acceptors (Lipinski definition) is 7. The van der Waals surface area contributed by atoms with Gasteiger partial charge < -0.3 is 15.4 Å². The second-order valence-electron chi connectivity index (χ2n) is 16.1. The molecule has 1 aliphatic heterocycles. The lowest BCUT2D eigenvalue weighted by Crippen LogP contribution is -2.47. The van der Waals surface area contributed by atoms with Gasteiger partial charge in [0.2, 0.25) is 0 Å². The molecule has 18 heteroatoms. The van der Waals surface area contributed by atoms with Crippen LogP contribution >= 0.6 is 11.6 Å². The Bertz CT molecular complexity index is 2010. The van der Waals surface area contributed by atoms with Gasteiger partial charge in [-0.2, -0.15) is 19.0 Å². The minimum atomic E-state index is -2.77. The molecule has 270 valence electrons. The van der Waals surface area contributed by atoms with Crippen LogP contribution in [0.3, 0.4) is 0 Å². The minimum absolute atomic E-state index is 0.172. The van der Waals surface area contributed by atoms with Crippen LogP contribution in [-0.4, -0.2) is 83.1 Å². The summed E-state index contributed by atoms with van der Waals surface area (Å²) < 4.78 is 34.5. The van der Waals surface area contributed by atoms with Crippen LogP contribution in [0.15, 0.2) is 61.2 Å². The summed E-state index contributed by atoms with van der Waals surface area (Å²) in [4.78, 5) is 33.9. The third kappa shape index (κ3) is 7.46. The van der Waals surface area contributed by atoms with Gasteiger partial charge in [-0.05, 0) is 65.7 Å². The molecule has 3 N–H and O–H groups in total. The van der Waals surface area contributed by atoms with Crippen molar-refractivity contribution in [1.29, 1.82) is 5.41 Å². The Morgan fingerprint density at radius 3 is 2.40 bits per heavy atom. The fourth-order valence-corrected chi connectivity index (χ4v) is 6.78. The Morgan fingerprint density at radius 1 is 1.12 bits per heavy atom. The van der Waals surface area contributed by atoms with Gasteiger partial charge in [0.15, 0.2) is 11.8 Å². The average molecular weight is 730 g/mol. The molecule has 1 saturated heterocycles. The molecule has 0 unspecified atom stereocenters. The molecule has 0 spiro atoms. The molecule has 4 aromatic rings. The Kier molecular flexibility index (Phi) is 9.56. The number of carbonyl (C=O) groups excluding carboxylic acids is 2. The van der Waals surface area contributed by atoms with E-state index >= 15 is 4.79 Å². The van der Waals surface area contributed by atoms with Gasteiger partial charge in [-0.1, -0.05) is 62.7 Å². The number of rotatable bonds is 11. The van der Waals surface area contributed by atoms with Gasteiger partial charge in [-0.25, -0.2) is 14.5 Å². The van der Waals surface area contributed by atoms with E-state index in [-0.39, 0.29) is 18.1 Å². The molecule has 6 rings (SSSR count). The maximum absolute atomic E-state index is 15.0. The Morgan fingerprint density at radius 2 is 1.81 bits per heavy atom. The van der Waals surface area contributed by atoms with E-state index in [1.54, 1.807) is 47.1 Å². The number of carbonyl (C=O) groups is 2. The lowest BCUT2D eigenvalue weighted by molar-refractivity contribution is -0.134. The monoisotopic (exact) mass is 729 g/mol. The third-order valence-electron chi connectivity index (χ3n) is 9.35. The zero-order valence-corrected chi connectivity index (χ0v) is 31.1. The SMILES string of the molecule is BC(B)(B)n1ncnc1-c1cc([C@@H](COC(=O)NC2(C)CC2)N2C(=N)N[C@](CC(C)(C)C)(c3ccc(-c4cnn(C(F)F)c4)cc3)C2=O)ccc1Cl. The summed E-state index contributed by atoms with van der Waals surface area (Å²) in [5.74, 6) is -0.0714. The van der Waals surface area contributed by atoms with E-state index < -0.39 is 40.8 Å². The second-order valence-corrected chi connectivity index (χ2v) is 16.5. The predicted octanol–water partition coefficient (Wildman–Crippen LogP) is 3.34. The minimum Gasteiger partial charge on any atom is -0.447 e. The molecule has 12 nitrogen and oxygen atoms in total. The molecule has 2 amide bonds. The highest BCUT2D eigenvalue weighted by Crippen LogP contribution is 2.43. The van der Waals surface area contributed by atoms with Crippen LogP contribution in [0, 0.1) is 10.8 Å². The maximum atomic E-state index is 15.0. The molecule has 0 radical (unpaired) electrons. The van der Waals surface area contributed by atoms with Gasteiger partial charge in [-0.15, -0.1) is 0 Å². The normalized spacial score (nSPS) is 19.1. The van der Waals surface area contributed by atoms with Crippen molar-refractivity contribution in [2.24, 2.45) is 5.41 Å². The van der Waals surface area contributed by atoms with E-state index in [2.05, 4.69) is 25.8 Å². The number of nitrogens with zero attached hydrogens (tertiary/aromatic N) is 6. The number of hydrogen-bond donors (Lipinski definition) is 3. The van der Waals surface area contributed by atoms with Gasteiger partial charge in [-0.3, -0.25) is 19.8 Å². The van der Waals surface area contributed by atoms with Crippen LogP contribution in [0.25, 0.3) is 22.5 Å². The number of nitrogens with one attached hydrogen (secondary N) is 3. The van der Waals surface area contributed by atoms with Crippen molar-refractivity contribution in [2.45, 2.75) is 75.9 Å². The zero-order valence-electron chi connectivity index (χ0n) is 30.3. The van der Waals surface area contributed by atoms with Crippen molar-refractivity contribution in [3.05, 3.63) is 77.3 Å². The van der Waals surface area contributed by atoms with Crippen molar-refractivity contribution in [3.63, 3.8) is 0 Å². The largest absolute Gasteiger partial charge is 0.447 e. The molecule has 52 heavy (non-hydrogen) atoms. The van der Waals surface area contributed by atoms with Gasteiger partial charge in [0.05, 0.1) is 17.3 Å². The van der Waals surface area contributed by atoms with Gasteiger partial charge >= 0.3 is 12.6 Å². The summed E-state index contributed by atoms with van der Waals surface area (Å²) in [6.07, 6.45) is 5.42. The highest BCUT2D eigenvalue weighted by molar-refractivity contribution is 6.56. The third-order valence-corrected chi connectivity index (χ3v) is 9.68. The molecule has 2 aromatic heterocycles. The van der Waals surface area contributed by atoms with Crippen LogP contribution in [0.4, 0.5) is 13.6 Å². The predicted molar refractivity (Wildman–Crippen MR) is 201 cm³/mol. The fourth-order valence-electron chi connectivity index (χ4n) is 6.58. The first-order valence-corrected chi connectivity index (χ1v) is 17.5. The van der Waals surface area contributed by atoms with Crippen LogP contribution < -0.4 is 10.6 Å². The fraction of sp³-hybridized carbons (Fsp3) is 0.412. The molecular formula is C34H41B3ClF2N9O3. The number of guanidine groups is 1. The quantitative estimate of drug-likeness (QED) is 0.201. The first-order valence-electron chi connectivity index (χ1n) is 17.1. The summed E-state index contributed by atoms with van der Waals surface area (Å²) in [5.41, 5.74) is 0.720. The second kappa shape index (κ2) is 13.4. The number of ether oxygens (including phenoxy) is 1. The summed E-state index contributed by atoms with van der Waals surface area (Å²) in [6.45, 7) is 4.91. The van der Waals surface area contributed by atoms with Crippen molar-refractivity contribution in [2.75, 3.05) is 6.61 Å². The van der Waals surface area contributed by atoms with Gasteiger partial charge in [0.25, 0.3) is 5.91 Å². The van der Waals surface area contributed by atoms with E-state index in [4.69, 9.17) is 16.3 Å². The maximum Gasteiger partial charge on any atom is 0.407 e. The standard InChI is InChI=1S/C34H41B3ClF2N9O3/c1-31(2,3)17-33(22-8-5-19(6-9-22)21-14-43-47(15-21)28(39)40)27(50)48(29(41)45-33)25(16-52-30(51)46-32(4)11-12-32)20-7-10-24(38)23(13-20)26-42-18-44-49(26)34(35,36)37/h5-10,13-15,18,25,28H,11-12,16-17,35-37H2,1-4H3,(H2,41,45)(H,46,51)/t25-,33-/m1/s1. The van der Waals surface area contributed by atoms with Crippen molar-refractivity contribution in [1.82, 2.24) is 40.1 Å². The van der Waals surface area contributed by atoms with E-state index in [0.717, 1.165) is 12.8 Å². The molecule has 0 bridgehead atoms. The average Bonchev–Trinajstić information content (AvgIpc) is 3.43. The zero-order chi connectivity index (χ0) is 37.8. The summed E-state index contributed by atoms with van der Waals surface area (Å²) >= 11 is 6.76. The summed E-state index contributed by atoms with van der Waals surface area (Å²) in [6, 6.07) is 11.3. The van der Waals surface area contributed by atoms with Crippen LogP contribution in [-0.2, 0) is 20.3 Å². The van der Waals surface area contributed by atoms with E-state index in [0.29, 0.717) is 49.8 Å². The molecule has 2 aromatic carbocycles. The van der Waals surface area contributed by atoms with Crippen LogP contribution in [0.5, 0.6) is 0 Å². The molecule has 2 atom stereocenters. The first kappa shape index (κ1) is 37.1. The molecule has 1 aliphatic carbocycles. The molecule has 1 saturated carbocycles. The Hall–Kier alpha value is -4.66. The number of aromatic nitrogens is 5. The van der Waals surface area contributed by atoms with Crippen molar-refractivity contribution in [3.8, 4) is 22.5 Å². The number of alkyl halides is 2. The Labute approximate surface area is 308 Å². The number of halogens is 3. The van der Waals surface area contributed by atoms with E-state index in [1.165, 1.54) is 23.6 Å². The number of alkyl carbamates (subject to hydrolysis) is 1. The topological polar surface area (TPSA) is 143 Å². The smallest absolute Gasteiger partial charge is 0.407 e. The van der Waals surface area contributed by atoms with Crippen LogP contribution in [0.2, 0.25) is 5.02 Å². The van der Waals surface area contributed by atoms with Gasteiger partial charge in [0.1, 0.15) is 42.0 Å². The lowest BCUT2D eigenvalue weighted by atomic mass is 9.49. The number of amides is 2. The summed E-state index contributed by atoms with van der Waals surface area (Å²) in [7, 11) is 5.98. The van der Waals surface area contributed by atoms with E-state index in [1.807, 2.05) is 51.2 Å². The Balaban J connectivity index is 1.41. The molecule has 2 fully saturated rings. The van der Waals surface area contributed by atoms with Gasteiger partial charge in [0, 0.05) is 22.9 Å². The summed E-state index contributed by atoms with van der Waals surface area (Å²) in [5, 5.41) is 23.5. The highest BCUT2D eigenvalue weighted by Gasteiger charge is 2.54. The molecule has 3 heterocycles.